The number of ether oxygens (including phenoxy) is 2. The smallest absolute Gasteiger partial charge is 0.387 e. The monoisotopic (exact) mass is 296 g/mol. The molecule has 0 amide bonds. The molecule has 0 saturated heterocycles. The molecule has 0 spiro atoms. The summed E-state index contributed by atoms with van der Waals surface area (Å²) in [7, 11) is 1.23. The molecule has 4 nitrogen and oxygen atoms in total. The van der Waals surface area contributed by atoms with Crippen LogP contribution in [0.4, 0.5) is 8.78 Å². The Hall–Kier alpha value is -1.37. The summed E-state index contributed by atoms with van der Waals surface area (Å²) in [6.07, 6.45) is 0. The highest BCUT2D eigenvalue weighted by Crippen LogP contribution is 2.37. The molecule has 0 bridgehead atoms. The van der Waals surface area contributed by atoms with Crippen molar-refractivity contribution in [3.05, 3.63) is 22.2 Å². The fourth-order valence-corrected chi connectivity index (χ4v) is 1.58. The molecule has 0 fully saturated rings. The van der Waals surface area contributed by atoms with Gasteiger partial charge in [0.25, 0.3) is 0 Å². The van der Waals surface area contributed by atoms with Crippen molar-refractivity contribution >= 4 is 21.9 Å². The third-order valence-corrected chi connectivity index (χ3v) is 2.27. The summed E-state index contributed by atoms with van der Waals surface area (Å²) < 4.78 is 33.2. The zero-order valence-corrected chi connectivity index (χ0v) is 9.62. The number of halogens is 3. The minimum atomic E-state index is -3.01. The van der Waals surface area contributed by atoms with Gasteiger partial charge >= 0.3 is 12.6 Å². The molecule has 0 unspecified atom stereocenters. The zero-order chi connectivity index (χ0) is 12.3. The number of alkyl halides is 2. The van der Waals surface area contributed by atoms with E-state index in [0.717, 1.165) is 12.1 Å². The van der Waals surface area contributed by atoms with E-state index in [1.807, 2.05) is 0 Å². The van der Waals surface area contributed by atoms with Gasteiger partial charge in [-0.15, -0.1) is 0 Å². The highest BCUT2D eigenvalue weighted by Gasteiger charge is 2.17. The predicted octanol–water partition coefficient (Wildman–Crippen LogP) is 2.76. The van der Waals surface area contributed by atoms with Crippen LogP contribution in [0.25, 0.3) is 0 Å². The van der Waals surface area contributed by atoms with Gasteiger partial charge in [0.1, 0.15) is 0 Å². The second-order valence-electron chi connectivity index (χ2n) is 2.67. The van der Waals surface area contributed by atoms with E-state index >= 15 is 0 Å². The van der Waals surface area contributed by atoms with E-state index < -0.39 is 12.6 Å². The molecule has 0 radical (unpaired) electrons. The lowest BCUT2D eigenvalue weighted by atomic mass is 10.2. The first-order valence-corrected chi connectivity index (χ1v) is 4.80. The molecule has 0 aliphatic carbocycles. The number of rotatable bonds is 4. The molecule has 0 atom stereocenters. The first kappa shape index (κ1) is 12.7. The average molecular weight is 297 g/mol. The molecular weight excluding hydrogens is 290 g/mol. The third-order valence-electron chi connectivity index (χ3n) is 1.68. The number of hydrogen-bond donors (Lipinski definition) is 1. The Balaban J connectivity index is 3.23. The van der Waals surface area contributed by atoms with Gasteiger partial charge in [0.05, 0.1) is 17.1 Å². The van der Waals surface area contributed by atoms with Crippen LogP contribution in [0.15, 0.2) is 16.6 Å². The Morgan fingerprint density at radius 2 is 2.12 bits per heavy atom. The second kappa shape index (κ2) is 5.11. The molecular formula is C9H7BrF2O4. The van der Waals surface area contributed by atoms with Crippen LogP contribution in [-0.4, -0.2) is 24.8 Å². The number of methoxy groups -OCH3 is 1. The highest BCUT2D eigenvalue weighted by molar-refractivity contribution is 9.10. The van der Waals surface area contributed by atoms with Crippen LogP contribution in [0, 0.1) is 0 Å². The molecule has 1 N–H and O–H groups in total. The SMILES string of the molecule is COc1cc(C(=O)O)cc(Br)c1OC(F)F. The first-order valence-electron chi connectivity index (χ1n) is 4.01. The van der Waals surface area contributed by atoms with Crippen LogP contribution in [0.3, 0.4) is 0 Å². The number of benzene rings is 1. The van der Waals surface area contributed by atoms with E-state index in [1.165, 1.54) is 7.11 Å². The van der Waals surface area contributed by atoms with Crippen LogP contribution < -0.4 is 9.47 Å². The van der Waals surface area contributed by atoms with Crippen LogP contribution >= 0.6 is 15.9 Å². The topological polar surface area (TPSA) is 55.8 Å². The van der Waals surface area contributed by atoms with Gasteiger partial charge in [0.15, 0.2) is 11.5 Å². The van der Waals surface area contributed by atoms with E-state index in [0.29, 0.717) is 0 Å². The largest absolute Gasteiger partial charge is 0.493 e. The molecule has 1 aromatic carbocycles. The molecule has 0 heterocycles. The van der Waals surface area contributed by atoms with Crippen molar-refractivity contribution < 1.29 is 28.2 Å². The number of carboxylic acids is 1. The lowest BCUT2D eigenvalue weighted by Crippen LogP contribution is -2.06. The summed E-state index contributed by atoms with van der Waals surface area (Å²) in [5.41, 5.74) is -0.0923. The summed E-state index contributed by atoms with van der Waals surface area (Å²) in [5.74, 6) is -1.50. The van der Waals surface area contributed by atoms with Gasteiger partial charge in [-0.3, -0.25) is 0 Å². The van der Waals surface area contributed by atoms with Gasteiger partial charge in [-0.1, -0.05) is 0 Å². The summed E-state index contributed by atoms with van der Waals surface area (Å²) >= 11 is 2.93. The van der Waals surface area contributed by atoms with Crippen molar-refractivity contribution in [3.63, 3.8) is 0 Å². The maximum absolute atomic E-state index is 12.1. The molecule has 0 aliphatic heterocycles. The van der Waals surface area contributed by atoms with E-state index in [2.05, 4.69) is 20.7 Å². The summed E-state index contributed by atoms with van der Waals surface area (Å²) in [6.45, 7) is -3.01. The lowest BCUT2D eigenvalue weighted by molar-refractivity contribution is -0.0517. The quantitative estimate of drug-likeness (QED) is 0.928. The molecule has 16 heavy (non-hydrogen) atoms. The van der Waals surface area contributed by atoms with Crippen molar-refractivity contribution in [2.75, 3.05) is 7.11 Å². The van der Waals surface area contributed by atoms with Crippen LogP contribution in [0.5, 0.6) is 11.5 Å². The molecule has 0 aromatic heterocycles. The molecule has 1 aromatic rings. The molecule has 1 rings (SSSR count). The summed E-state index contributed by atoms with van der Waals surface area (Å²) in [5, 5.41) is 8.74. The maximum atomic E-state index is 12.1. The van der Waals surface area contributed by atoms with E-state index in [1.54, 1.807) is 0 Å². The van der Waals surface area contributed by atoms with E-state index in [-0.39, 0.29) is 21.5 Å². The van der Waals surface area contributed by atoms with Gasteiger partial charge in [-0.25, -0.2) is 4.79 Å². The fraction of sp³-hybridized carbons (Fsp3) is 0.222. The summed E-state index contributed by atoms with van der Waals surface area (Å²) in [4.78, 5) is 10.7. The van der Waals surface area contributed by atoms with Gasteiger partial charge in [-0.2, -0.15) is 8.78 Å². The summed E-state index contributed by atoms with van der Waals surface area (Å²) in [6, 6.07) is 2.26. The standard InChI is InChI=1S/C9H7BrF2O4/c1-15-6-3-4(8(13)14)2-5(10)7(6)16-9(11)12/h2-3,9H,1H3,(H,13,14). The second-order valence-corrected chi connectivity index (χ2v) is 3.53. The van der Waals surface area contributed by atoms with Gasteiger partial charge < -0.3 is 14.6 Å². The minimum Gasteiger partial charge on any atom is -0.493 e. The third kappa shape index (κ3) is 2.82. The number of hydrogen-bond acceptors (Lipinski definition) is 3. The van der Waals surface area contributed by atoms with Gasteiger partial charge in [0, 0.05) is 0 Å². The van der Waals surface area contributed by atoms with Crippen molar-refractivity contribution in [2.45, 2.75) is 6.61 Å². The Morgan fingerprint density at radius 1 is 1.50 bits per heavy atom. The highest BCUT2D eigenvalue weighted by atomic mass is 79.9. The van der Waals surface area contributed by atoms with Crippen molar-refractivity contribution in [1.82, 2.24) is 0 Å². The average Bonchev–Trinajstić information content (AvgIpc) is 2.19. The minimum absolute atomic E-state index is 0.0768. The maximum Gasteiger partial charge on any atom is 0.387 e. The Bertz CT molecular complexity index is 409. The zero-order valence-electron chi connectivity index (χ0n) is 8.04. The first-order chi connectivity index (χ1) is 7.45. The van der Waals surface area contributed by atoms with Crippen molar-refractivity contribution in [1.29, 1.82) is 0 Å². The molecule has 0 saturated carbocycles. The van der Waals surface area contributed by atoms with Crippen LogP contribution in [-0.2, 0) is 0 Å². The molecule has 0 aliphatic rings. The van der Waals surface area contributed by atoms with Crippen molar-refractivity contribution in [2.24, 2.45) is 0 Å². The Labute approximate surface area is 97.9 Å². The number of carbonyl (C=O) groups is 1. The fourth-order valence-electron chi connectivity index (χ4n) is 1.05. The Morgan fingerprint density at radius 3 is 2.56 bits per heavy atom. The normalized spacial score (nSPS) is 10.3. The van der Waals surface area contributed by atoms with Crippen molar-refractivity contribution in [3.8, 4) is 11.5 Å². The van der Waals surface area contributed by atoms with Gasteiger partial charge in [0.2, 0.25) is 0 Å². The number of aromatic carboxylic acids is 1. The Kier molecular flexibility index (Phi) is 4.05. The van der Waals surface area contributed by atoms with Crippen LogP contribution in [0.1, 0.15) is 10.4 Å². The predicted molar refractivity (Wildman–Crippen MR) is 54.3 cm³/mol. The molecule has 7 heteroatoms. The van der Waals surface area contributed by atoms with Crippen LogP contribution in [0.2, 0.25) is 0 Å². The lowest BCUT2D eigenvalue weighted by Gasteiger charge is -2.12. The van der Waals surface area contributed by atoms with E-state index in [4.69, 9.17) is 9.84 Å². The van der Waals surface area contributed by atoms with E-state index in [9.17, 15) is 13.6 Å². The molecule has 88 valence electrons. The number of carboxylic acid groups (broad SMARTS) is 1. The van der Waals surface area contributed by atoms with Gasteiger partial charge in [-0.05, 0) is 28.1 Å².